The summed E-state index contributed by atoms with van der Waals surface area (Å²) in [5.41, 5.74) is 0.564. The van der Waals surface area contributed by atoms with Gasteiger partial charge in [0.2, 0.25) is 11.9 Å². The van der Waals surface area contributed by atoms with Gasteiger partial charge in [-0.3, -0.25) is 4.79 Å². The number of carbonyl (C=O) groups excluding carboxylic acids is 1. The minimum atomic E-state index is -0.177. The van der Waals surface area contributed by atoms with E-state index in [2.05, 4.69) is 25.2 Å². The van der Waals surface area contributed by atoms with Gasteiger partial charge in [-0.1, -0.05) is 0 Å². The van der Waals surface area contributed by atoms with Crippen molar-refractivity contribution in [2.45, 2.75) is 25.8 Å². The molecular formula is C19H26N6O2. The summed E-state index contributed by atoms with van der Waals surface area (Å²) < 4.78 is 5.12. The van der Waals surface area contributed by atoms with Crippen LogP contribution in [-0.2, 0) is 6.54 Å². The summed E-state index contributed by atoms with van der Waals surface area (Å²) >= 11 is 0. The first-order valence-corrected chi connectivity index (χ1v) is 9.16. The molecule has 8 heteroatoms. The zero-order valence-electron chi connectivity index (χ0n) is 16.1. The maximum atomic E-state index is 12.4. The normalized spacial score (nSPS) is 14.0. The SMILES string of the molecule is COc1ccc(C(=O)NCc2nc(N(C)C)nc(N3CCCCC3)n2)cc1. The number of nitrogens with zero attached hydrogens (tertiary/aromatic N) is 5. The van der Waals surface area contributed by atoms with Gasteiger partial charge < -0.3 is 19.9 Å². The summed E-state index contributed by atoms with van der Waals surface area (Å²) in [5.74, 6) is 2.37. The number of carbonyl (C=O) groups is 1. The van der Waals surface area contributed by atoms with Gasteiger partial charge in [0.05, 0.1) is 13.7 Å². The predicted molar refractivity (Wildman–Crippen MR) is 104 cm³/mol. The highest BCUT2D eigenvalue weighted by atomic mass is 16.5. The van der Waals surface area contributed by atoms with Gasteiger partial charge in [-0.25, -0.2) is 0 Å². The lowest BCUT2D eigenvalue weighted by molar-refractivity contribution is 0.0950. The number of anilines is 2. The highest BCUT2D eigenvalue weighted by molar-refractivity contribution is 5.94. The average Bonchev–Trinajstić information content (AvgIpc) is 2.72. The van der Waals surface area contributed by atoms with Gasteiger partial charge >= 0.3 is 0 Å². The molecule has 3 rings (SSSR count). The smallest absolute Gasteiger partial charge is 0.251 e. The lowest BCUT2D eigenvalue weighted by Crippen LogP contribution is -2.32. The molecule has 0 atom stereocenters. The third-order valence-electron chi connectivity index (χ3n) is 4.46. The van der Waals surface area contributed by atoms with Crippen LogP contribution in [0.4, 0.5) is 11.9 Å². The van der Waals surface area contributed by atoms with E-state index in [1.165, 1.54) is 6.42 Å². The molecule has 2 heterocycles. The molecule has 1 aliphatic heterocycles. The van der Waals surface area contributed by atoms with E-state index in [1.807, 2.05) is 19.0 Å². The topological polar surface area (TPSA) is 83.5 Å². The molecule has 0 bridgehead atoms. The van der Waals surface area contributed by atoms with Crippen molar-refractivity contribution in [1.82, 2.24) is 20.3 Å². The Morgan fingerprint density at radius 1 is 1.11 bits per heavy atom. The summed E-state index contributed by atoms with van der Waals surface area (Å²) in [6.07, 6.45) is 3.53. The van der Waals surface area contributed by atoms with E-state index in [9.17, 15) is 4.79 Å². The summed E-state index contributed by atoms with van der Waals surface area (Å²) in [4.78, 5) is 30.0. The van der Waals surface area contributed by atoms with Crippen molar-refractivity contribution < 1.29 is 9.53 Å². The molecule has 1 N–H and O–H groups in total. The fraction of sp³-hybridized carbons (Fsp3) is 0.474. The fourth-order valence-corrected chi connectivity index (χ4v) is 2.91. The Kier molecular flexibility index (Phi) is 6.05. The Morgan fingerprint density at radius 2 is 1.81 bits per heavy atom. The number of hydrogen-bond donors (Lipinski definition) is 1. The minimum Gasteiger partial charge on any atom is -0.497 e. The van der Waals surface area contributed by atoms with Crippen molar-refractivity contribution in [1.29, 1.82) is 0 Å². The molecule has 0 unspecified atom stereocenters. The maximum Gasteiger partial charge on any atom is 0.251 e. The van der Waals surface area contributed by atoms with Crippen LogP contribution in [0.5, 0.6) is 5.75 Å². The zero-order valence-corrected chi connectivity index (χ0v) is 16.1. The number of piperidine rings is 1. The van der Waals surface area contributed by atoms with Gasteiger partial charge in [0.25, 0.3) is 5.91 Å². The van der Waals surface area contributed by atoms with Crippen LogP contribution >= 0.6 is 0 Å². The second kappa shape index (κ2) is 8.66. The van der Waals surface area contributed by atoms with Gasteiger partial charge in [-0.15, -0.1) is 0 Å². The van der Waals surface area contributed by atoms with E-state index in [-0.39, 0.29) is 12.5 Å². The van der Waals surface area contributed by atoms with Crippen molar-refractivity contribution in [2.75, 3.05) is 44.1 Å². The highest BCUT2D eigenvalue weighted by Crippen LogP contribution is 2.18. The first kappa shape index (κ1) is 18.9. The van der Waals surface area contributed by atoms with E-state index < -0.39 is 0 Å². The first-order valence-electron chi connectivity index (χ1n) is 9.16. The molecule has 27 heavy (non-hydrogen) atoms. The van der Waals surface area contributed by atoms with E-state index in [0.29, 0.717) is 29.0 Å². The Balaban J connectivity index is 1.72. The van der Waals surface area contributed by atoms with Crippen molar-refractivity contribution in [2.24, 2.45) is 0 Å². The molecule has 1 saturated heterocycles. The molecule has 0 aliphatic carbocycles. The van der Waals surface area contributed by atoms with Crippen LogP contribution in [0.15, 0.2) is 24.3 Å². The lowest BCUT2D eigenvalue weighted by Gasteiger charge is -2.27. The summed E-state index contributed by atoms with van der Waals surface area (Å²) in [6, 6.07) is 6.98. The summed E-state index contributed by atoms with van der Waals surface area (Å²) in [6.45, 7) is 2.15. The molecule has 1 fully saturated rings. The predicted octanol–water partition coefficient (Wildman–Crippen LogP) is 1.87. The lowest BCUT2D eigenvalue weighted by atomic mass is 10.1. The summed E-state index contributed by atoms with van der Waals surface area (Å²) in [7, 11) is 5.39. The van der Waals surface area contributed by atoms with Gasteiger partial charge in [0.15, 0.2) is 5.82 Å². The number of benzene rings is 1. The molecule has 0 radical (unpaired) electrons. The quantitative estimate of drug-likeness (QED) is 0.831. The zero-order chi connectivity index (χ0) is 19.2. The van der Waals surface area contributed by atoms with Gasteiger partial charge in [-0.2, -0.15) is 15.0 Å². The standard InChI is InChI=1S/C19H26N6O2/c1-24(2)18-21-16(22-19(23-18)25-11-5-4-6-12-25)13-20-17(26)14-7-9-15(27-3)10-8-14/h7-10H,4-6,11-13H2,1-3H3,(H,20,26). The van der Waals surface area contributed by atoms with Crippen LogP contribution in [0.2, 0.25) is 0 Å². The second-order valence-electron chi connectivity index (χ2n) is 6.70. The van der Waals surface area contributed by atoms with Crippen molar-refractivity contribution in [3.05, 3.63) is 35.7 Å². The molecule has 0 saturated carbocycles. The van der Waals surface area contributed by atoms with Crippen LogP contribution in [-0.4, -0.2) is 55.2 Å². The monoisotopic (exact) mass is 370 g/mol. The van der Waals surface area contributed by atoms with Crippen LogP contribution < -0.4 is 19.9 Å². The molecule has 8 nitrogen and oxygen atoms in total. The van der Waals surface area contributed by atoms with Gasteiger partial charge in [-0.05, 0) is 43.5 Å². The van der Waals surface area contributed by atoms with Crippen molar-refractivity contribution in [3.63, 3.8) is 0 Å². The van der Waals surface area contributed by atoms with Gasteiger partial charge in [0, 0.05) is 32.7 Å². The Bertz CT molecular complexity index is 772. The number of hydrogen-bond acceptors (Lipinski definition) is 7. The first-order chi connectivity index (χ1) is 13.1. The molecule has 1 aromatic carbocycles. The van der Waals surface area contributed by atoms with Crippen LogP contribution in [0.3, 0.4) is 0 Å². The van der Waals surface area contributed by atoms with Crippen LogP contribution in [0.1, 0.15) is 35.4 Å². The Labute approximate surface area is 159 Å². The third kappa shape index (κ3) is 4.84. The molecule has 2 aromatic rings. The number of ether oxygens (including phenoxy) is 1. The molecule has 1 aromatic heterocycles. The molecule has 144 valence electrons. The Hall–Kier alpha value is -2.90. The maximum absolute atomic E-state index is 12.4. The molecule has 1 aliphatic rings. The number of nitrogens with one attached hydrogen (secondary N) is 1. The van der Waals surface area contributed by atoms with E-state index in [0.717, 1.165) is 25.9 Å². The van der Waals surface area contributed by atoms with Crippen molar-refractivity contribution in [3.8, 4) is 5.75 Å². The largest absolute Gasteiger partial charge is 0.497 e. The highest BCUT2D eigenvalue weighted by Gasteiger charge is 2.17. The summed E-state index contributed by atoms with van der Waals surface area (Å²) in [5, 5.41) is 2.88. The molecular weight excluding hydrogens is 344 g/mol. The molecule has 1 amide bonds. The van der Waals surface area contributed by atoms with Crippen molar-refractivity contribution >= 4 is 17.8 Å². The third-order valence-corrected chi connectivity index (χ3v) is 4.46. The minimum absolute atomic E-state index is 0.177. The number of aromatic nitrogens is 3. The Morgan fingerprint density at radius 3 is 2.44 bits per heavy atom. The number of rotatable bonds is 6. The van der Waals surface area contributed by atoms with Crippen LogP contribution in [0.25, 0.3) is 0 Å². The second-order valence-corrected chi connectivity index (χ2v) is 6.70. The van der Waals surface area contributed by atoms with E-state index in [4.69, 9.17) is 4.74 Å². The number of methoxy groups -OCH3 is 1. The number of amides is 1. The molecule has 0 spiro atoms. The fourth-order valence-electron chi connectivity index (χ4n) is 2.91. The van der Waals surface area contributed by atoms with Crippen LogP contribution in [0, 0.1) is 0 Å². The van der Waals surface area contributed by atoms with Gasteiger partial charge in [0.1, 0.15) is 5.75 Å². The average molecular weight is 370 g/mol. The van der Waals surface area contributed by atoms with E-state index >= 15 is 0 Å². The van der Waals surface area contributed by atoms with E-state index in [1.54, 1.807) is 31.4 Å².